The molecule has 1 heterocycles. The Labute approximate surface area is 118 Å². The number of hydrogen-bond donors (Lipinski definition) is 1. The van der Waals surface area contributed by atoms with Crippen molar-refractivity contribution < 1.29 is 4.42 Å². The van der Waals surface area contributed by atoms with Crippen molar-refractivity contribution in [2.75, 3.05) is 6.54 Å². The van der Waals surface area contributed by atoms with Crippen LogP contribution in [0.5, 0.6) is 0 Å². The Kier molecular flexibility index (Phi) is 4.56. The van der Waals surface area contributed by atoms with Crippen molar-refractivity contribution in [2.45, 2.75) is 33.2 Å². The normalized spacial score (nSPS) is 12.6. The maximum Gasteiger partial charge on any atom is 0.248 e. The monoisotopic (exact) mass is 279 g/mol. The summed E-state index contributed by atoms with van der Waals surface area (Å²) >= 11 is 5.95. The number of benzene rings is 1. The average molecular weight is 280 g/mol. The molecule has 0 bridgehead atoms. The van der Waals surface area contributed by atoms with Crippen LogP contribution in [0.25, 0.3) is 11.5 Å². The van der Waals surface area contributed by atoms with Crippen molar-refractivity contribution in [1.29, 1.82) is 0 Å². The van der Waals surface area contributed by atoms with E-state index in [0.717, 1.165) is 24.1 Å². The van der Waals surface area contributed by atoms with Crippen LogP contribution in [-0.4, -0.2) is 16.7 Å². The van der Waals surface area contributed by atoms with Crippen LogP contribution in [0.3, 0.4) is 0 Å². The summed E-state index contributed by atoms with van der Waals surface area (Å²) in [7, 11) is 0. The van der Waals surface area contributed by atoms with Gasteiger partial charge in [-0.2, -0.15) is 0 Å². The van der Waals surface area contributed by atoms with Gasteiger partial charge in [0, 0.05) is 10.6 Å². The molecular weight excluding hydrogens is 262 g/mol. The molecule has 1 aromatic heterocycles. The van der Waals surface area contributed by atoms with Gasteiger partial charge in [-0.3, -0.25) is 0 Å². The van der Waals surface area contributed by atoms with E-state index in [0.29, 0.717) is 16.8 Å². The van der Waals surface area contributed by atoms with Crippen molar-refractivity contribution >= 4 is 11.6 Å². The molecule has 2 aromatic rings. The largest absolute Gasteiger partial charge is 0.419 e. The fourth-order valence-corrected chi connectivity index (χ4v) is 2.23. The van der Waals surface area contributed by atoms with Crippen LogP contribution in [0.15, 0.2) is 22.6 Å². The van der Waals surface area contributed by atoms with E-state index in [1.165, 1.54) is 0 Å². The van der Waals surface area contributed by atoms with E-state index in [4.69, 9.17) is 16.0 Å². The van der Waals surface area contributed by atoms with Gasteiger partial charge < -0.3 is 9.73 Å². The molecule has 2 rings (SSSR count). The highest BCUT2D eigenvalue weighted by atomic mass is 35.5. The molecule has 19 heavy (non-hydrogen) atoms. The van der Waals surface area contributed by atoms with Gasteiger partial charge in [-0.15, -0.1) is 10.2 Å². The molecule has 1 N–H and O–H groups in total. The van der Waals surface area contributed by atoms with E-state index < -0.39 is 0 Å². The minimum absolute atomic E-state index is 0.110. The molecule has 0 aliphatic rings. The summed E-state index contributed by atoms with van der Waals surface area (Å²) in [4.78, 5) is 0. The van der Waals surface area contributed by atoms with Gasteiger partial charge in [0.25, 0.3) is 0 Å². The second kappa shape index (κ2) is 6.17. The van der Waals surface area contributed by atoms with Gasteiger partial charge >= 0.3 is 0 Å². The Balaban J connectivity index is 2.29. The number of halogens is 1. The maximum absolute atomic E-state index is 5.95. The summed E-state index contributed by atoms with van der Waals surface area (Å²) in [6.45, 7) is 7.00. The first-order valence-electron chi connectivity index (χ1n) is 6.49. The van der Waals surface area contributed by atoms with Gasteiger partial charge in [-0.1, -0.05) is 25.4 Å². The molecule has 0 saturated heterocycles. The molecular formula is C14H18ClN3O. The summed E-state index contributed by atoms with van der Waals surface area (Å²) in [5.74, 6) is 1.18. The Bertz CT molecular complexity index is 553. The first-order valence-corrected chi connectivity index (χ1v) is 6.86. The van der Waals surface area contributed by atoms with Crippen LogP contribution in [0.2, 0.25) is 5.02 Å². The van der Waals surface area contributed by atoms with Gasteiger partial charge in [0.1, 0.15) is 0 Å². The lowest BCUT2D eigenvalue weighted by Crippen LogP contribution is -2.20. The van der Waals surface area contributed by atoms with E-state index in [9.17, 15) is 0 Å². The van der Waals surface area contributed by atoms with Gasteiger partial charge in [-0.05, 0) is 43.7 Å². The molecule has 1 unspecified atom stereocenters. The molecule has 0 aliphatic carbocycles. The number of nitrogens with zero attached hydrogens (tertiary/aromatic N) is 2. The highest BCUT2D eigenvalue weighted by molar-refractivity contribution is 6.30. The third-order valence-electron chi connectivity index (χ3n) is 3.02. The molecule has 0 amide bonds. The smallest absolute Gasteiger partial charge is 0.248 e. The van der Waals surface area contributed by atoms with Crippen LogP contribution in [0, 0.1) is 6.92 Å². The summed E-state index contributed by atoms with van der Waals surface area (Å²) in [5, 5.41) is 12.3. The molecule has 0 aliphatic heterocycles. The van der Waals surface area contributed by atoms with Crippen LogP contribution >= 0.6 is 11.6 Å². The molecule has 0 radical (unpaired) electrons. The zero-order valence-corrected chi connectivity index (χ0v) is 12.2. The molecule has 4 nitrogen and oxygen atoms in total. The lowest BCUT2D eigenvalue weighted by Gasteiger charge is -2.10. The Morgan fingerprint density at radius 2 is 2.11 bits per heavy atom. The topological polar surface area (TPSA) is 51.0 Å². The summed E-state index contributed by atoms with van der Waals surface area (Å²) in [6, 6.07) is 5.74. The highest BCUT2D eigenvalue weighted by Crippen LogP contribution is 2.26. The number of nitrogens with one attached hydrogen (secondary N) is 1. The summed E-state index contributed by atoms with van der Waals surface area (Å²) in [5.41, 5.74) is 1.95. The SMILES string of the molecule is CCNC(CC)c1nnc(-c2ccc(Cl)cc2C)o1. The average Bonchev–Trinajstić information content (AvgIpc) is 2.85. The molecule has 0 saturated carbocycles. The molecule has 0 fully saturated rings. The molecule has 0 spiro atoms. The zero-order chi connectivity index (χ0) is 13.8. The van der Waals surface area contributed by atoms with Crippen LogP contribution in [0.1, 0.15) is 37.8 Å². The third kappa shape index (κ3) is 3.14. The predicted octanol–water partition coefficient (Wildman–Crippen LogP) is 3.76. The standard InChI is InChI=1S/C14H18ClN3O/c1-4-12(16-5-2)14-18-17-13(19-14)11-7-6-10(15)8-9(11)3/h6-8,12,16H,4-5H2,1-3H3. The Morgan fingerprint density at radius 3 is 2.74 bits per heavy atom. The molecule has 1 aromatic carbocycles. The van der Waals surface area contributed by atoms with Gasteiger partial charge in [0.2, 0.25) is 11.8 Å². The van der Waals surface area contributed by atoms with Crippen LogP contribution < -0.4 is 5.32 Å². The minimum Gasteiger partial charge on any atom is -0.419 e. The van der Waals surface area contributed by atoms with E-state index >= 15 is 0 Å². The minimum atomic E-state index is 0.110. The first kappa shape index (κ1) is 14.0. The fourth-order valence-electron chi connectivity index (χ4n) is 2.00. The second-order valence-corrected chi connectivity index (χ2v) is 4.86. The van der Waals surface area contributed by atoms with Crippen molar-refractivity contribution in [1.82, 2.24) is 15.5 Å². The lowest BCUT2D eigenvalue weighted by atomic mass is 10.1. The van der Waals surface area contributed by atoms with Crippen molar-refractivity contribution in [3.63, 3.8) is 0 Å². The van der Waals surface area contributed by atoms with E-state index in [1.807, 2.05) is 25.1 Å². The quantitative estimate of drug-likeness (QED) is 0.905. The summed E-state index contributed by atoms with van der Waals surface area (Å²) in [6.07, 6.45) is 0.912. The van der Waals surface area contributed by atoms with Crippen molar-refractivity contribution in [3.8, 4) is 11.5 Å². The zero-order valence-electron chi connectivity index (χ0n) is 11.4. The Hall–Kier alpha value is -1.39. The predicted molar refractivity (Wildman–Crippen MR) is 76.2 cm³/mol. The molecule has 102 valence electrons. The van der Waals surface area contributed by atoms with Crippen molar-refractivity contribution in [2.24, 2.45) is 0 Å². The maximum atomic E-state index is 5.95. The number of rotatable bonds is 5. The van der Waals surface area contributed by atoms with Gasteiger partial charge in [-0.25, -0.2) is 0 Å². The van der Waals surface area contributed by atoms with Gasteiger partial charge in [0.05, 0.1) is 6.04 Å². The second-order valence-electron chi connectivity index (χ2n) is 4.42. The van der Waals surface area contributed by atoms with Gasteiger partial charge in [0.15, 0.2) is 0 Å². The fraction of sp³-hybridized carbons (Fsp3) is 0.429. The van der Waals surface area contributed by atoms with Crippen LogP contribution in [0.4, 0.5) is 0 Å². The van der Waals surface area contributed by atoms with E-state index in [-0.39, 0.29) is 6.04 Å². The van der Waals surface area contributed by atoms with Crippen molar-refractivity contribution in [3.05, 3.63) is 34.7 Å². The third-order valence-corrected chi connectivity index (χ3v) is 3.25. The first-order chi connectivity index (χ1) is 9.15. The number of aromatic nitrogens is 2. The van der Waals surface area contributed by atoms with Crippen LogP contribution in [-0.2, 0) is 0 Å². The van der Waals surface area contributed by atoms with E-state index in [1.54, 1.807) is 0 Å². The number of hydrogen-bond acceptors (Lipinski definition) is 4. The highest BCUT2D eigenvalue weighted by Gasteiger charge is 2.17. The molecule has 5 heteroatoms. The Morgan fingerprint density at radius 1 is 1.32 bits per heavy atom. The summed E-state index contributed by atoms with van der Waals surface area (Å²) < 4.78 is 5.77. The van der Waals surface area contributed by atoms with E-state index in [2.05, 4.69) is 29.4 Å². The number of aryl methyl sites for hydroxylation is 1. The lowest BCUT2D eigenvalue weighted by molar-refractivity contribution is 0.402. The molecule has 1 atom stereocenters.